The van der Waals surface area contributed by atoms with Gasteiger partial charge in [0.2, 0.25) is 0 Å². The minimum Gasteiger partial charge on any atom is -0.244 e. The summed E-state index contributed by atoms with van der Waals surface area (Å²) in [5, 5.41) is 8.74. The number of rotatable bonds is 2. The second-order valence-electron chi connectivity index (χ2n) is 3.71. The molecule has 0 aliphatic rings. The number of aromatic amines is 1. The molecule has 0 spiro atoms. The van der Waals surface area contributed by atoms with Gasteiger partial charge in [-0.1, -0.05) is 18.2 Å². The Bertz CT molecular complexity index is 601. The molecule has 0 saturated carbocycles. The lowest BCUT2D eigenvalue weighted by atomic mass is 10.0. The summed E-state index contributed by atoms with van der Waals surface area (Å²) in [6, 6.07) is 4.21. The molecule has 0 fully saturated rings. The summed E-state index contributed by atoms with van der Waals surface area (Å²) < 4.78 is 39.3. The number of H-pyrrole nitrogens is 1. The van der Waals surface area contributed by atoms with Crippen molar-refractivity contribution < 1.29 is 13.2 Å². The molecule has 1 aromatic heterocycles. The van der Waals surface area contributed by atoms with Crippen LogP contribution in [0.2, 0.25) is 0 Å². The zero-order chi connectivity index (χ0) is 13.3. The van der Waals surface area contributed by atoms with E-state index in [4.69, 9.17) is 0 Å². The predicted octanol–water partition coefficient (Wildman–Crippen LogP) is 1.59. The summed E-state index contributed by atoms with van der Waals surface area (Å²) in [5.74, 6) is 0. The van der Waals surface area contributed by atoms with Crippen LogP contribution >= 0.6 is 0 Å². The standard InChI is InChI=1S/C10H9F3N4O/c1-6(17-9(18)14-15-16-17)7-4-2-3-5-8(7)10(11,12)13/h2-6H,1H3,(H,14,16,18). The van der Waals surface area contributed by atoms with Crippen molar-refractivity contribution in [2.75, 3.05) is 0 Å². The normalized spacial score (nSPS) is 13.6. The molecular formula is C10H9F3N4O. The lowest BCUT2D eigenvalue weighted by molar-refractivity contribution is -0.138. The van der Waals surface area contributed by atoms with Gasteiger partial charge in [0.15, 0.2) is 0 Å². The first-order valence-electron chi connectivity index (χ1n) is 5.07. The minimum absolute atomic E-state index is 0.0269. The van der Waals surface area contributed by atoms with Gasteiger partial charge in [-0.15, -0.1) is 0 Å². The topological polar surface area (TPSA) is 63.6 Å². The van der Waals surface area contributed by atoms with Gasteiger partial charge < -0.3 is 0 Å². The average molecular weight is 258 g/mol. The first-order chi connectivity index (χ1) is 8.41. The number of nitrogens with zero attached hydrogens (tertiary/aromatic N) is 3. The van der Waals surface area contributed by atoms with Crippen molar-refractivity contribution in [2.24, 2.45) is 0 Å². The molecule has 0 radical (unpaired) electrons. The van der Waals surface area contributed by atoms with Crippen molar-refractivity contribution in [1.82, 2.24) is 20.2 Å². The van der Waals surface area contributed by atoms with E-state index in [1.165, 1.54) is 25.1 Å². The summed E-state index contributed by atoms with van der Waals surface area (Å²) in [6.07, 6.45) is -4.47. The first-order valence-corrected chi connectivity index (χ1v) is 5.07. The summed E-state index contributed by atoms with van der Waals surface area (Å²) in [6.45, 7) is 1.45. The number of hydrogen-bond donors (Lipinski definition) is 1. The Morgan fingerprint density at radius 1 is 1.33 bits per heavy atom. The van der Waals surface area contributed by atoms with Gasteiger partial charge in [-0.25, -0.2) is 9.89 Å². The van der Waals surface area contributed by atoms with Crippen LogP contribution in [0.3, 0.4) is 0 Å². The molecule has 5 nitrogen and oxygen atoms in total. The van der Waals surface area contributed by atoms with Crippen LogP contribution in [0.4, 0.5) is 13.2 Å². The highest BCUT2D eigenvalue weighted by atomic mass is 19.4. The molecule has 0 aliphatic heterocycles. The van der Waals surface area contributed by atoms with Gasteiger partial charge in [0, 0.05) is 0 Å². The number of nitrogens with one attached hydrogen (secondary N) is 1. The lowest BCUT2D eigenvalue weighted by Crippen LogP contribution is -2.24. The molecule has 96 valence electrons. The van der Waals surface area contributed by atoms with E-state index >= 15 is 0 Å². The zero-order valence-corrected chi connectivity index (χ0v) is 9.27. The fourth-order valence-electron chi connectivity index (χ4n) is 1.71. The third-order valence-electron chi connectivity index (χ3n) is 2.58. The van der Waals surface area contributed by atoms with E-state index in [9.17, 15) is 18.0 Å². The van der Waals surface area contributed by atoms with Gasteiger partial charge in [0.25, 0.3) is 0 Å². The largest absolute Gasteiger partial charge is 0.416 e. The third-order valence-corrected chi connectivity index (χ3v) is 2.58. The van der Waals surface area contributed by atoms with Crippen LogP contribution in [0, 0.1) is 0 Å². The Kier molecular flexibility index (Phi) is 2.93. The molecule has 1 unspecified atom stereocenters. The second-order valence-corrected chi connectivity index (χ2v) is 3.71. The first kappa shape index (κ1) is 12.3. The Labute approximate surface area is 99.2 Å². The molecule has 18 heavy (non-hydrogen) atoms. The third kappa shape index (κ3) is 2.13. The highest BCUT2D eigenvalue weighted by molar-refractivity contribution is 5.32. The van der Waals surface area contributed by atoms with Crippen LogP contribution in [0.25, 0.3) is 0 Å². The minimum atomic E-state index is -4.47. The maximum atomic E-state index is 12.8. The van der Waals surface area contributed by atoms with Crippen molar-refractivity contribution >= 4 is 0 Å². The Morgan fingerprint density at radius 2 is 2.00 bits per heavy atom. The summed E-state index contributed by atoms with van der Waals surface area (Å²) in [5.41, 5.74) is -1.46. The molecule has 0 saturated heterocycles. The number of tetrazole rings is 1. The van der Waals surface area contributed by atoms with Crippen molar-refractivity contribution in [3.63, 3.8) is 0 Å². The van der Waals surface area contributed by atoms with E-state index in [1.54, 1.807) is 0 Å². The van der Waals surface area contributed by atoms with Crippen LogP contribution < -0.4 is 5.69 Å². The molecule has 0 amide bonds. The molecule has 1 heterocycles. The highest BCUT2D eigenvalue weighted by Crippen LogP contribution is 2.34. The van der Waals surface area contributed by atoms with Gasteiger partial charge in [-0.05, 0) is 29.0 Å². The maximum Gasteiger partial charge on any atom is 0.416 e. The molecule has 1 aromatic carbocycles. The lowest BCUT2D eigenvalue weighted by Gasteiger charge is -2.17. The van der Waals surface area contributed by atoms with Gasteiger partial charge >= 0.3 is 11.9 Å². The maximum absolute atomic E-state index is 12.8. The SMILES string of the molecule is CC(c1ccccc1C(F)(F)F)n1nn[nH]c1=O. The molecule has 2 rings (SSSR count). The molecule has 2 aromatic rings. The predicted molar refractivity (Wildman–Crippen MR) is 55.9 cm³/mol. The van der Waals surface area contributed by atoms with E-state index in [2.05, 4.69) is 10.4 Å². The van der Waals surface area contributed by atoms with Gasteiger partial charge in [0.1, 0.15) is 0 Å². The number of hydrogen-bond acceptors (Lipinski definition) is 3. The van der Waals surface area contributed by atoms with E-state index in [0.717, 1.165) is 10.7 Å². The van der Waals surface area contributed by atoms with Crippen LogP contribution in [-0.4, -0.2) is 20.2 Å². The highest BCUT2D eigenvalue weighted by Gasteiger charge is 2.34. The van der Waals surface area contributed by atoms with Crippen molar-refractivity contribution in [1.29, 1.82) is 0 Å². The number of halogens is 3. The van der Waals surface area contributed by atoms with E-state index in [0.29, 0.717) is 0 Å². The molecule has 0 aliphatic carbocycles. The van der Waals surface area contributed by atoms with Gasteiger partial charge in [-0.3, -0.25) is 0 Å². The molecule has 8 heteroatoms. The molecule has 0 bridgehead atoms. The van der Waals surface area contributed by atoms with Crippen LogP contribution in [-0.2, 0) is 6.18 Å². The van der Waals surface area contributed by atoms with Crippen molar-refractivity contribution in [3.05, 3.63) is 45.9 Å². The summed E-state index contributed by atoms with van der Waals surface area (Å²) in [4.78, 5) is 11.3. The van der Waals surface area contributed by atoms with E-state index < -0.39 is 23.5 Å². The van der Waals surface area contributed by atoms with E-state index in [-0.39, 0.29) is 5.56 Å². The molecule has 1 N–H and O–H groups in total. The van der Waals surface area contributed by atoms with Gasteiger partial charge in [0.05, 0.1) is 11.6 Å². The Balaban J connectivity index is 2.52. The van der Waals surface area contributed by atoms with Crippen LogP contribution in [0.5, 0.6) is 0 Å². The number of aromatic nitrogens is 4. The van der Waals surface area contributed by atoms with E-state index in [1.807, 2.05) is 5.10 Å². The fraction of sp³-hybridized carbons (Fsp3) is 0.300. The average Bonchev–Trinajstić information content (AvgIpc) is 2.73. The summed E-state index contributed by atoms with van der Waals surface area (Å²) in [7, 11) is 0. The number of alkyl halides is 3. The van der Waals surface area contributed by atoms with Crippen LogP contribution in [0.15, 0.2) is 29.1 Å². The Morgan fingerprint density at radius 3 is 2.56 bits per heavy atom. The molecular weight excluding hydrogens is 249 g/mol. The smallest absolute Gasteiger partial charge is 0.244 e. The van der Waals surface area contributed by atoms with Crippen LogP contribution in [0.1, 0.15) is 24.1 Å². The number of benzene rings is 1. The monoisotopic (exact) mass is 258 g/mol. The quantitative estimate of drug-likeness (QED) is 0.889. The summed E-state index contributed by atoms with van der Waals surface area (Å²) >= 11 is 0. The Hall–Kier alpha value is -2.12. The van der Waals surface area contributed by atoms with Crippen molar-refractivity contribution in [2.45, 2.75) is 19.1 Å². The second kappa shape index (κ2) is 4.28. The molecule has 1 atom stereocenters. The zero-order valence-electron chi connectivity index (χ0n) is 9.27. The fourth-order valence-corrected chi connectivity index (χ4v) is 1.71. The van der Waals surface area contributed by atoms with Gasteiger partial charge in [-0.2, -0.15) is 17.9 Å². The van der Waals surface area contributed by atoms with Crippen molar-refractivity contribution in [3.8, 4) is 0 Å².